The molecule has 0 spiro atoms. The second-order valence-electron chi connectivity index (χ2n) is 5.85. The molecule has 1 amide bonds. The number of aryl methyl sites for hydroxylation is 1. The third kappa shape index (κ3) is 3.39. The maximum Gasteiger partial charge on any atom is 0.256 e. The van der Waals surface area contributed by atoms with Gasteiger partial charge in [-0.05, 0) is 43.2 Å². The highest BCUT2D eigenvalue weighted by atomic mass is 35.5. The lowest BCUT2D eigenvalue weighted by Gasteiger charge is -2.07. The van der Waals surface area contributed by atoms with Crippen molar-refractivity contribution >= 4 is 34.2 Å². The van der Waals surface area contributed by atoms with Crippen molar-refractivity contribution in [1.29, 1.82) is 0 Å². The van der Waals surface area contributed by atoms with Gasteiger partial charge >= 0.3 is 0 Å². The summed E-state index contributed by atoms with van der Waals surface area (Å²) < 4.78 is 33.4. The summed E-state index contributed by atoms with van der Waals surface area (Å²) in [7, 11) is 1.89. The molecule has 134 valence electrons. The number of hydrogen-bond acceptors (Lipinski definition) is 4. The van der Waals surface area contributed by atoms with Gasteiger partial charge in [-0.3, -0.25) is 4.79 Å². The van der Waals surface area contributed by atoms with E-state index in [-0.39, 0.29) is 10.8 Å². The first kappa shape index (κ1) is 13.0. The highest BCUT2D eigenvalue weighted by molar-refractivity contribution is 6.30. The SMILES string of the molecule is [2H]c1c([2H])c(C(=O)Nc2cc3nc(-c4cnc(C)n4C)ccc3cn2)c([2H])c([2H])c1Cl. The number of imidazole rings is 1. The quantitative estimate of drug-likeness (QED) is 0.576. The molecule has 0 bridgehead atoms. The summed E-state index contributed by atoms with van der Waals surface area (Å²) in [5, 5.41) is 2.95. The zero-order valence-corrected chi connectivity index (χ0v) is 15.2. The highest BCUT2D eigenvalue weighted by Gasteiger charge is 2.10. The number of hydrogen-bond donors (Lipinski definition) is 1. The van der Waals surface area contributed by atoms with Crippen LogP contribution in [-0.2, 0) is 7.05 Å². The van der Waals surface area contributed by atoms with Gasteiger partial charge in [0.25, 0.3) is 5.91 Å². The monoisotopic (exact) mass is 381 g/mol. The minimum absolute atomic E-state index is 0.162. The van der Waals surface area contributed by atoms with E-state index in [1.165, 1.54) is 0 Å². The van der Waals surface area contributed by atoms with Gasteiger partial charge in [-0.1, -0.05) is 11.6 Å². The summed E-state index contributed by atoms with van der Waals surface area (Å²) in [6.45, 7) is 1.89. The summed E-state index contributed by atoms with van der Waals surface area (Å²) in [6, 6.07) is 3.31. The number of carbonyl (C=O) groups is 1. The maximum atomic E-state index is 12.7. The zero-order chi connectivity index (χ0) is 22.4. The number of nitrogens with zero attached hydrogens (tertiary/aromatic N) is 4. The minimum Gasteiger partial charge on any atom is -0.330 e. The molecule has 0 unspecified atom stereocenters. The Bertz CT molecular complexity index is 1340. The van der Waals surface area contributed by atoms with Crippen molar-refractivity contribution < 1.29 is 10.3 Å². The van der Waals surface area contributed by atoms with Gasteiger partial charge in [0, 0.05) is 35.3 Å². The predicted molar refractivity (Wildman–Crippen MR) is 106 cm³/mol. The molecule has 27 heavy (non-hydrogen) atoms. The fourth-order valence-corrected chi connectivity index (χ4v) is 2.65. The van der Waals surface area contributed by atoms with Crippen LogP contribution in [0.1, 0.15) is 21.7 Å². The average Bonchev–Trinajstić information content (AvgIpc) is 3.09. The molecule has 3 heterocycles. The van der Waals surface area contributed by atoms with Crippen molar-refractivity contribution in [2.45, 2.75) is 6.92 Å². The van der Waals surface area contributed by atoms with E-state index in [0.29, 0.717) is 11.2 Å². The predicted octanol–water partition coefficient (Wildman–Crippen LogP) is 4.24. The largest absolute Gasteiger partial charge is 0.330 e. The summed E-state index contributed by atoms with van der Waals surface area (Å²) in [6.07, 6.45) is 3.28. The van der Waals surface area contributed by atoms with E-state index in [0.717, 1.165) is 16.9 Å². The van der Waals surface area contributed by atoms with E-state index in [4.69, 9.17) is 17.1 Å². The molecule has 0 aliphatic carbocycles. The Kier molecular flexibility index (Phi) is 3.28. The molecule has 0 saturated carbocycles. The molecule has 4 rings (SSSR count). The smallest absolute Gasteiger partial charge is 0.256 e. The number of aromatic nitrogens is 4. The second-order valence-corrected chi connectivity index (χ2v) is 6.23. The minimum atomic E-state index is -0.820. The Balaban J connectivity index is 1.71. The first-order chi connectivity index (χ1) is 14.7. The van der Waals surface area contributed by atoms with Crippen LogP contribution < -0.4 is 5.32 Å². The van der Waals surface area contributed by atoms with Gasteiger partial charge in [-0.15, -0.1) is 0 Å². The third-order valence-electron chi connectivity index (χ3n) is 4.12. The van der Waals surface area contributed by atoms with Crippen molar-refractivity contribution in [2.75, 3.05) is 5.32 Å². The molecule has 0 aliphatic heterocycles. The Hall–Kier alpha value is -3.25. The number of pyridine rings is 2. The summed E-state index contributed by atoms with van der Waals surface area (Å²) >= 11 is 5.79. The van der Waals surface area contributed by atoms with Crippen LogP contribution in [0.2, 0.25) is 5.02 Å². The molecular weight excluding hydrogens is 362 g/mol. The molecular formula is C20H16ClN5O. The van der Waals surface area contributed by atoms with Gasteiger partial charge in [-0.2, -0.15) is 0 Å². The number of benzene rings is 1. The molecule has 0 fully saturated rings. The van der Waals surface area contributed by atoms with Crippen LogP contribution in [0.4, 0.5) is 5.82 Å². The Labute approximate surface area is 166 Å². The summed E-state index contributed by atoms with van der Waals surface area (Å²) in [5.74, 6) is 0.191. The lowest BCUT2D eigenvalue weighted by atomic mass is 10.2. The zero-order valence-electron chi connectivity index (χ0n) is 18.5. The van der Waals surface area contributed by atoms with Gasteiger partial charge in [0.15, 0.2) is 0 Å². The van der Waals surface area contributed by atoms with Crippen molar-refractivity contribution in [1.82, 2.24) is 19.5 Å². The molecule has 7 heteroatoms. The molecule has 0 radical (unpaired) electrons. The van der Waals surface area contributed by atoms with Crippen LogP contribution in [0.25, 0.3) is 22.3 Å². The van der Waals surface area contributed by atoms with E-state index < -0.39 is 35.6 Å². The molecule has 0 aliphatic rings. The highest BCUT2D eigenvalue weighted by Crippen LogP contribution is 2.22. The molecule has 3 aromatic heterocycles. The Morgan fingerprint density at radius 3 is 2.67 bits per heavy atom. The van der Waals surface area contributed by atoms with Gasteiger partial charge in [0.1, 0.15) is 11.6 Å². The van der Waals surface area contributed by atoms with E-state index in [1.54, 1.807) is 18.5 Å². The fraction of sp³-hybridized carbons (Fsp3) is 0.100. The van der Waals surface area contributed by atoms with Crippen LogP contribution in [-0.4, -0.2) is 25.4 Å². The van der Waals surface area contributed by atoms with Crippen molar-refractivity contribution in [3.63, 3.8) is 0 Å². The summed E-state index contributed by atoms with van der Waals surface area (Å²) in [5.41, 5.74) is 1.72. The molecule has 1 aromatic carbocycles. The number of nitrogens with one attached hydrogen (secondary N) is 1. The van der Waals surface area contributed by atoms with Crippen molar-refractivity contribution in [3.8, 4) is 11.4 Å². The van der Waals surface area contributed by atoms with E-state index in [2.05, 4.69) is 20.3 Å². The van der Waals surface area contributed by atoms with Crippen molar-refractivity contribution in [3.05, 3.63) is 71.2 Å². The lowest BCUT2D eigenvalue weighted by molar-refractivity contribution is 0.102. The number of anilines is 1. The van der Waals surface area contributed by atoms with Gasteiger partial charge in [-0.25, -0.2) is 15.0 Å². The number of amides is 1. The Morgan fingerprint density at radius 2 is 1.96 bits per heavy atom. The third-order valence-corrected chi connectivity index (χ3v) is 4.31. The number of rotatable bonds is 3. The van der Waals surface area contributed by atoms with Crippen LogP contribution in [0.15, 0.2) is 54.8 Å². The van der Waals surface area contributed by atoms with Crippen LogP contribution >= 0.6 is 11.6 Å². The van der Waals surface area contributed by atoms with E-state index in [9.17, 15) is 4.79 Å². The standard InChI is InChI=1S/C20H16ClN5O/c1-12-22-11-18(26(12)2)16-8-5-14-10-23-19(9-17(14)24-16)25-20(27)13-3-6-15(21)7-4-13/h3-11H,1-2H3,(H,23,25,27)/i3D,4D,6D,7D. The number of halogens is 1. The second kappa shape index (κ2) is 6.81. The van der Waals surface area contributed by atoms with E-state index in [1.807, 2.05) is 30.7 Å². The molecule has 0 atom stereocenters. The number of carbonyl (C=O) groups excluding carboxylic acids is 1. The maximum absolute atomic E-state index is 12.7. The van der Waals surface area contributed by atoms with Gasteiger partial charge in [0.05, 0.1) is 28.6 Å². The Morgan fingerprint density at radius 1 is 1.19 bits per heavy atom. The average molecular weight is 382 g/mol. The first-order valence-corrected chi connectivity index (χ1v) is 8.39. The molecule has 0 saturated heterocycles. The topological polar surface area (TPSA) is 72.7 Å². The van der Waals surface area contributed by atoms with E-state index >= 15 is 0 Å². The van der Waals surface area contributed by atoms with Crippen molar-refractivity contribution in [2.24, 2.45) is 7.05 Å². The number of fused-ring (bicyclic) bond motifs is 1. The summed E-state index contributed by atoms with van der Waals surface area (Å²) in [4.78, 5) is 25.8. The van der Waals surface area contributed by atoms with Gasteiger partial charge in [0.2, 0.25) is 0 Å². The van der Waals surface area contributed by atoms with Crippen LogP contribution in [0.3, 0.4) is 0 Å². The first-order valence-electron chi connectivity index (χ1n) is 10.0. The lowest BCUT2D eigenvalue weighted by Crippen LogP contribution is -2.12. The molecule has 1 N–H and O–H groups in total. The van der Waals surface area contributed by atoms with Crippen LogP contribution in [0, 0.1) is 6.92 Å². The molecule has 6 nitrogen and oxygen atoms in total. The molecule has 4 aromatic rings. The fourth-order valence-electron chi connectivity index (χ4n) is 2.56. The normalized spacial score (nSPS) is 13.0. The van der Waals surface area contributed by atoms with Crippen LogP contribution in [0.5, 0.6) is 0 Å². The van der Waals surface area contributed by atoms with Gasteiger partial charge < -0.3 is 9.88 Å².